The van der Waals surface area contributed by atoms with Gasteiger partial charge in [0.05, 0.1) is 17.2 Å². The molecular weight excluding hydrogens is 140 g/mol. The van der Waals surface area contributed by atoms with Gasteiger partial charge in [-0.1, -0.05) is 0 Å². The van der Waals surface area contributed by atoms with Crippen molar-refractivity contribution in [3.63, 3.8) is 0 Å². The predicted molar refractivity (Wildman–Crippen MR) is 43.4 cm³/mol. The van der Waals surface area contributed by atoms with Crippen LogP contribution in [0.2, 0.25) is 0 Å². The molecule has 2 heterocycles. The largest absolute Gasteiger partial charge is 0.359 e. The van der Waals surface area contributed by atoms with E-state index in [0.29, 0.717) is 5.95 Å². The molecule has 2 aromatic rings. The second kappa shape index (κ2) is 2.23. The molecule has 4 heteroatoms. The Morgan fingerprint density at radius 1 is 1.55 bits per heavy atom. The van der Waals surface area contributed by atoms with Crippen molar-refractivity contribution in [2.24, 2.45) is 0 Å². The van der Waals surface area contributed by atoms with E-state index in [-0.39, 0.29) is 0 Å². The molecule has 0 aliphatic heterocycles. The van der Waals surface area contributed by atoms with Gasteiger partial charge in [-0.2, -0.15) is 0 Å². The highest BCUT2D eigenvalue weighted by Gasteiger charge is 1.96. The van der Waals surface area contributed by atoms with Crippen LogP contribution in [0.1, 0.15) is 0 Å². The number of aromatic amines is 1. The molecular formula is C7H8N4. The first-order valence-electron chi connectivity index (χ1n) is 3.38. The first kappa shape index (κ1) is 6.15. The summed E-state index contributed by atoms with van der Waals surface area (Å²) in [6.45, 7) is 0. The normalized spacial score (nSPS) is 10.3. The molecule has 56 valence electrons. The minimum Gasteiger partial charge on any atom is -0.359 e. The molecule has 0 unspecified atom stereocenters. The third-order valence-electron chi connectivity index (χ3n) is 1.52. The van der Waals surface area contributed by atoms with Crippen LogP contribution >= 0.6 is 0 Å². The zero-order valence-electron chi connectivity index (χ0n) is 6.13. The lowest BCUT2D eigenvalue weighted by molar-refractivity contribution is 1.19. The van der Waals surface area contributed by atoms with Crippen molar-refractivity contribution >= 4 is 17.0 Å². The van der Waals surface area contributed by atoms with Crippen molar-refractivity contribution in [3.05, 3.63) is 18.5 Å². The average molecular weight is 148 g/mol. The summed E-state index contributed by atoms with van der Waals surface area (Å²) in [6.07, 6.45) is 3.60. The summed E-state index contributed by atoms with van der Waals surface area (Å²) >= 11 is 0. The number of H-pyrrole nitrogens is 1. The molecule has 0 radical (unpaired) electrons. The highest BCUT2D eigenvalue weighted by Crippen LogP contribution is 2.08. The summed E-state index contributed by atoms with van der Waals surface area (Å²) in [5.41, 5.74) is 1.90. The first-order chi connectivity index (χ1) is 5.40. The molecule has 2 aromatic heterocycles. The van der Waals surface area contributed by atoms with Crippen LogP contribution in [0.3, 0.4) is 0 Å². The van der Waals surface area contributed by atoms with E-state index >= 15 is 0 Å². The molecule has 0 fully saturated rings. The molecule has 0 spiro atoms. The quantitative estimate of drug-likeness (QED) is 0.634. The van der Waals surface area contributed by atoms with Crippen molar-refractivity contribution in [2.75, 3.05) is 12.4 Å². The lowest BCUT2D eigenvalue weighted by Crippen LogP contribution is -1.94. The second-order valence-electron chi connectivity index (χ2n) is 2.22. The van der Waals surface area contributed by atoms with Gasteiger partial charge in [-0.05, 0) is 6.07 Å². The number of rotatable bonds is 1. The van der Waals surface area contributed by atoms with Crippen LogP contribution < -0.4 is 5.32 Å². The van der Waals surface area contributed by atoms with E-state index in [9.17, 15) is 0 Å². The summed E-state index contributed by atoms with van der Waals surface area (Å²) in [5, 5.41) is 2.87. The number of hydrogen-bond acceptors (Lipinski definition) is 3. The fourth-order valence-electron chi connectivity index (χ4n) is 0.964. The predicted octanol–water partition coefficient (Wildman–Crippen LogP) is 1.000. The van der Waals surface area contributed by atoms with Gasteiger partial charge >= 0.3 is 0 Å². The second-order valence-corrected chi connectivity index (χ2v) is 2.22. The Morgan fingerprint density at radius 3 is 3.27 bits per heavy atom. The van der Waals surface area contributed by atoms with Crippen LogP contribution in [0.5, 0.6) is 0 Å². The van der Waals surface area contributed by atoms with Crippen molar-refractivity contribution in [1.82, 2.24) is 15.0 Å². The van der Waals surface area contributed by atoms with E-state index in [2.05, 4.69) is 20.3 Å². The van der Waals surface area contributed by atoms with Crippen LogP contribution in [-0.2, 0) is 0 Å². The van der Waals surface area contributed by atoms with Crippen molar-refractivity contribution in [1.29, 1.82) is 0 Å². The molecule has 11 heavy (non-hydrogen) atoms. The maximum atomic E-state index is 4.20. The molecule has 0 aliphatic rings. The zero-order valence-corrected chi connectivity index (χ0v) is 6.13. The van der Waals surface area contributed by atoms with Crippen LogP contribution in [0.25, 0.3) is 11.0 Å². The Bertz CT molecular complexity index is 365. The minimum absolute atomic E-state index is 0.650. The maximum absolute atomic E-state index is 4.20. The third kappa shape index (κ3) is 0.920. The van der Waals surface area contributed by atoms with Crippen molar-refractivity contribution < 1.29 is 0 Å². The molecule has 0 atom stereocenters. The fraction of sp³-hybridized carbons (Fsp3) is 0.143. The van der Waals surface area contributed by atoms with E-state index in [1.54, 1.807) is 13.2 Å². The fourth-order valence-corrected chi connectivity index (χ4v) is 0.964. The lowest BCUT2D eigenvalue weighted by atomic mass is 10.5. The van der Waals surface area contributed by atoms with Gasteiger partial charge in [0.25, 0.3) is 0 Å². The number of hydrogen-bond donors (Lipinski definition) is 2. The van der Waals surface area contributed by atoms with Gasteiger partial charge in [0.15, 0.2) is 0 Å². The molecule has 0 amide bonds. The number of fused-ring (bicyclic) bond motifs is 1. The minimum atomic E-state index is 0.650. The number of nitrogens with one attached hydrogen (secondary N) is 2. The third-order valence-corrected chi connectivity index (χ3v) is 1.52. The molecule has 0 aliphatic carbocycles. The van der Waals surface area contributed by atoms with Crippen LogP contribution in [0, 0.1) is 0 Å². The zero-order chi connectivity index (χ0) is 7.68. The van der Waals surface area contributed by atoms with E-state index < -0.39 is 0 Å². The highest BCUT2D eigenvalue weighted by atomic mass is 15.1. The number of nitrogens with zero attached hydrogens (tertiary/aromatic N) is 2. The van der Waals surface area contributed by atoms with E-state index in [4.69, 9.17) is 0 Å². The average Bonchev–Trinajstić information content (AvgIpc) is 2.50. The number of aromatic nitrogens is 3. The summed E-state index contributed by atoms with van der Waals surface area (Å²) in [7, 11) is 1.80. The van der Waals surface area contributed by atoms with Gasteiger partial charge in [0, 0.05) is 13.2 Å². The van der Waals surface area contributed by atoms with E-state index in [1.807, 2.05) is 12.3 Å². The topological polar surface area (TPSA) is 53.6 Å². The summed E-state index contributed by atoms with van der Waals surface area (Å²) < 4.78 is 0. The summed E-state index contributed by atoms with van der Waals surface area (Å²) in [4.78, 5) is 11.3. The standard InChI is InChI=1S/C7H8N4/c1-8-7-10-4-6-5(11-7)2-3-9-6/h2-4,9H,1H3,(H,8,10,11). The van der Waals surface area contributed by atoms with Gasteiger partial charge < -0.3 is 10.3 Å². The first-order valence-corrected chi connectivity index (χ1v) is 3.38. The van der Waals surface area contributed by atoms with Crippen molar-refractivity contribution in [3.8, 4) is 0 Å². The van der Waals surface area contributed by atoms with Gasteiger partial charge in [-0.3, -0.25) is 0 Å². The monoisotopic (exact) mass is 148 g/mol. The Hall–Kier alpha value is -1.58. The van der Waals surface area contributed by atoms with Gasteiger partial charge in [0.2, 0.25) is 5.95 Å². The van der Waals surface area contributed by atoms with Crippen LogP contribution in [0.15, 0.2) is 18.5 Å². The van der Waals surface area contributed by atoms with Crippen molar-refractivity contribution in [2.45, 2.75) is 0 Å². The summed E-state index contributed by atoms with van der Waals surface area (Å²) in [6, 6.07) is 1.91. The van der Waals surface area contributed by atoms with Crippen LogP contribution in [-0.4, -0.2) is 22.0 Å². The molecule has 0 bridgehead atoms. The molecule has 0 saturated heterocycles. The smallest absolute Gasteiger partial charge is 0.223 e. The van der Waals surface area contributed by atoms with E-state index in [1.165, 1.54) is 0 Å². The highest BCUT2D eigenvalue weighted by molar-refractivity contribution is 5.74. The number of anilines is 1. The Labute approximate surface area is 63.7 Å². The van der Waals surface area contributed by atoms with E-state index in [0.717, 1.165) is 11.0 Å². The van der Waals surface area contributed by atoms with Gasteiger partial charge in [-0.25, -0.2) is 9.97 Å². The Morgan fingerprint density at radius 2 is 2.45 bits per heavy atom. The van der Waals surface area contributed by atoms with Crippen LogP contribution in [0.4, 0.5) is 5.95 Å². The Balaban J connectivity index is 2.67. The molecule has 2 rings (SSSR count). The SMILES string of the molecule is CNc1ncc2[nH]ccc2n1. The maximum Gasteiger partial charge on any atom is 0.223 e. The van der Waals surface area contributed by atoms with Gasteiger partial charge in [-0.15, -0.1) is 0 Å². The molecule has 0 aromatic carbocycles. The molecule has 2 N–H and O–H groups in total. The van der Waals surface area contributed by atoms with Gasteiger partial charge in [0.1, 0.15) is 0 Å². The lowest BCUT2D eigenvalue weighted by Gasteiger charge is -1.95. The Kier molecular flexibility index (Phi) is 1.25. The molecule has 4 nitrogen and oxygen atoms in total. The summed E-state index contributed by atoms with van der Waals surface area (Å²) in [5.74, 6) is 0.650. The molecule has 0 saturated carbocycles.